The van der Waals surface area contributed by atoms with Gasteiger partial charge in [0.15, 0.2) is 0 Å². The van der Waals surface area contributed by atoms with Crippen molar-refractivity contribution in [2.45, 2.75) is 41.0 Å². The second-order valence-electron chi connectivity index (χ2n) is 3.11. The molecule has 2 nitrogen and oxygen atoms in total. The van der Waals surface area contributed by atoms with E-state index in [9.17, 15) is 0 Å². The van der Waals surface area contributed by atoms with Crippen LogP contribution in [0.5, 0.6) is 0 Å². The zero-order chi connectivity index (χ0) is 10.3. The number of amidine groups is 1. The van der Waals surface area contributed by atoms with Gasteiger partial charge in [-0.3, -0.25) is 9.48 Å². The molecule has 0 aliphatic carbocycles. The first-order valence-corrected chi connectivity index (χ1v) is 5.60. The van der Waals surface area contributed by atoms with Crippen molar-refractivity contribution in [1.82, 2.24) is 4.90 Å². The Balaban J connectivity index is 4.69. The van der Waals surface area contributed by atoms with Crippen LogP contribution in [0.3, 0.4) is 0 Å². The van der Waals surface area contributed by atoms with Gasteiger partial charge in [0.25, 0.3) is 0 Å². The molecule has 0 aromatic carbocycles. The predicted molar refractivity (Wildman–Crippen MR) is 59.6 cm³/mol. The first kappa shape index (κ1) is 12.5. The van der Waals surface area contributed by atoms with Crippen molar-refractivity contribution in [1.29, 1.82) is 0 Å². The third-order valence-electron chi connectivity index (χ3n) is 2.57. The maximum atomic E-state index is 2.45. The van der Waals surface area contributed by atoms with Crippen molar-refractivity contribution in [3.8, 4) is 0 Å². The topological polar surface area (TPSA) is 6.25 Å². The van der Waals surface area contributed by atoms with Crippen LogP contribution in [0.25, 0.3) is 0 Å². The first-order chi connectivity index (χ1) is 6.24. The molecule has 0 atom stereocenters. The minimum absolute atomic E-state index is 1.12. The standard InChI is InChI=1S/C11H25N2/c1-6-11(12(7-2)8-3)13(9-4)10-5/h6-10H2,1-5H3/q+1. The molecular formula is C11H25N2+. The number of hydrogen-bond donors (Lipinski definition) is 0. The van der Waals surface area contributed by atoms with Crippen LogP contribution in [0.1, 0.15) is 41.0 Å². The summed E-state index contributed by atoms with van der Waals surface area (Å²) in [7, 11) is 0. The molecule has 0 fully saturated rings. The van der Waals surface area contributed by atoms with Gasteiger partial charge >= 0.3 is 0 Å². The van der Waals surface area contributed by atoms with Gasteiger partial charge < -0.3 is 0 Å². The van der Waals surface area contributed by atoms with E-state index in [1.165, 1.54) is 5.84 Å². The molecule has 0 radical (unpaired) electrons. The Morgan fingerprint density at radius 1 is 0.923 bits per heavy atom. The van der Waals surface area contributed by atoms with Gasteiger partial charge in [-0.05, 0) is 27.7 Å². The van der Waals surface area contributed by atoms with Crippen molar-refractivity contribution >= 4 is 5.84 Å². The Hall–Kier alpha value is -0.530. The van der Waals surface area contributed by atoms with Crippen LogP contribution in [0.15, 0.2) is 0 Å². The lowest BCUT2D eigenvalue weighted by Gasteiger charge is -2.18. The van der Waals surface area contributed by atoms with Gasteiger partial charge in [-0.1, -0.05) is 6.92 Å². The lowest BCUT2D eigenvalue weighted by atomic mass is 10.3. The van der Waals surface area contributed by atoms with E-state index in [0.29, 0.717) is 0 Å². The highest BCUT2D eigenvalue weighted by Crippen LogP contribution is 1.96. The summed E-state index contributed by atoms with van der Waals surface area (Å²) in [5.74, 6) is 1.50. The smallest absolute Gasteiger partial charge is 0.246 e. The van der Waals surface area contributed by atoms with Crippen LogP contribution in [0.4, 0.5) is 0 Å². The van der Waals surface area contributed by atoms with Gasteiger partial charge in [-0.15, -0.1) is 0 Å². The second-order valence-corrected chi connectivity index (χ2v) is 3.11. The number of nitrogens with zero attached hydrogens (tertiary/aromatic N) is 2. The van der Waals surface area contributed by atoms with E-state index in [1.54, 1.807) is 0 Å². The average molecular weight is 185 g/mol. The van der Waals surface area contributed by atoms with E-state index >= 15 is 0 Å². The fraction of sp³-hybridized carbons (Fsp3) is 0.909. The van der Waals surface area contributed by atoms with Crippen LogP contribution < -0.4 is 0 Å². The summed E-state index contributed by atoms with van der Waals surface area (Å²) >= 11 is 0. The molecule has 0 heterocycles. The Bertz CT molecular complexity index is 151. The molecule has 0 aromatic rings. The summed E-state index contributed by atoms with van der Waals surface area (Å²) in [5, 5.41) is 0. The van der Waals surface area contributed by atoms with E-state index in [1.807, 2.05) is 0 Å². The molecule has 0 aliphatic heterocycles. The van der Waals surface area contributed by atoms with E-state index in [2.05, 4.69) is 44.1 Å². The van der Waals surface area contributed by atoms with Crippen LogP contribution in [0.2, 0.25) is 0 Å². The first-order valence-electron chi connectivity index (χ1n) is 5.60. The highest BCUT2D eigenvalue weighted by Gasteiger charge is 2.15. The van der Waals surface area contributed by atoms with Crippen LogP contribution >= 0.6 is 0 Å². The molecule has 13 heavy (non-hydrogen) atoms. The third kappa shape index (κ3) is 3.37. The maximum Gasteiger partial charge on any atom is 0.246 e. The molecule has 0 aliphatic rings. The third-order valence-corrected chi connectivity index (χ3v) is 2.57. The molecule has 0 unspecified atom stereocenters. The van der Waals surface area contributed by atoms with Gasteiger partial charge in [-0.2, -0.15) is 0 Å². The van der Waals surface area contributed by atoms with Gasteiger partial charge in [0.2, 0.25) is 5.84 Å². The molecule has 78 valence electrons. The van der Waals surface area contributed by atoms with E-state index < -0.39 is 0 Å². The van der Waals surface area contributed by atoms with Gasteiger partial charge in [0.05, 0.1) is 26.2 Å². The molecule has 0 aromatic heterocycles. The van der Waals surface area contributed by atoms with Crippen LogP contribution in [-0.2, 0) is 0 Å². The Morgan fingerprint density at radius 3 is 1.62 bits per heavy atom. The second kappa shape index (κ2) is 6.93. The summed E-state index contributed by atoms with van der Waals surface area (Å²) in [6, 6.07) is 0. The molecule has 0 rings (SSSR count). The van der Waals surface area contributed by atoms with E-state index in [4.69, 9.17) is 0 Å². The van der Waals surface area contributed by atoms with Gasteiger partial charge in [0, 0.05) is 6.42 Å². The van der Waals surface area contributed by atoms with Crippen molar-refractivity contribution in [2.75, 3.05) is 26.2 Å². The molecule has 0 amide bonds. The normalized spacial score (nSPS) is 9.92. The van der Waals surface area contributed by atoms with E-state index in [-0.39, 0.29) is 0 Å². The molecule has 0 N–H and O–H groups in total. The van der Waals surface area contributed by atoms with Gasteiger partial charge in [0.1, 0.15) is 0 Å². The summed E-state index contributed by atoms with van der Waals surface area (Å²) in [6.45, 7) is 15.6. The SMILES string of the molecule is CCC(N(CC)CC)=[N+](CC)CC. The molecule has 0 bridgehead atoms. The summed E-state index contributed by atoms with van der Waals surface area (Å²) in [5.41, 5.74) is 0. The van der Waals surface area contributed by atoms with Crippen LogP contribution in [-0.4, -0.2) is 41.5 Å². The van der Waals surface area contributed by atoms with E-state index in [0.717, 1.165) is 32.6 Å². The average Bonchev–Trinajstić information content (AvgIpc) is 2.18. The Labute approximate surface area is 83.3 Å². The molecule has 0 saturated heterocycles. The Morgan fingerprint density at radius 2 is 1.38 bits per heavy atom. The monoisotopic (exact) mass is 185 g/mol. The zero-order valence-corrected chi connectivity index (χ0v) is 9.93. The summed E-state index contributed by atoms with van der Waals surface area (Å²) in [6.07, 6.45) is 1.14. The summed E-state index contributed by atoms with van der Waals surface area (Å²) in [4.78, 5) is 2.45. The fourth-order valence-electron chi connectivity index (χ4n) is 1.82. The van der Waals surface area contributed by atoms with Crippen LogP contribution in [0, 0.1) is 0 Å². The highest BCUT2D eigenvalue weighted by atomic mass is 15.2. The van der Waals surface area contributed by atoms with Gasteiger partial charge in [-0.25, -0.2) is 0 Å². The zero-order valence-electron chi connectivity index (χ0n) is 9.93. The molecule has 0 saturated carbocycles. The van der Waals surface area contributed by atoms with Crippen molar-refractivity contribution in [3.05, 3.63) is 0 Å². The highest BCUT2D eigenvalue weighted by molar-refractivity contribution is 5.77. The van der Waals surface area contributed by atoms with Crippen molar-refractivity contribution < 1.29 is 4.58 Å². The Kier molecular flexibility index (Phi) is 6.65. The lowest BCUT2D eigenvalue weighted by molar-refractivity contribution is -0.526. The predicted octanol–water partition coefficient (Wildman–Crippen LogP) is 2.19. The van der Waals surface area contributed by atoms with Crippen molar-refractivity contribution in [3.63, 3.8) is 0 Å². The number of rotatable bonds is 5. The number of hydrogen-bond acceptors (Lipinski definition) is 0. The summed E-state index contributed by atoms with van der Waals surface area (Å²) < 4.78 is 2.45. The fourth-order valence-corrected chi connectivity index (χ4v) is 1.82. The largest absolute Gasteiger partial charge is 0.266 e. The molecule has 2 heteroatoms. The molecule has 0 spiro atoms. The minimum atomic E-state index is 1.12. The quantitative estimate of drug-likeness (QED) is 0.361. The maximum absolute atomic E-state index is 2.45. The molecular weight excluding hydrogens is 160 g/mol. The lowest BCUT2D eigenvalue weighted by Crippen LogP contribution is -2.37. The van der Waals surface area contributed by atoms with Crippen molar-refractivity contribution in [2.24, 2.45) is 0 Å². The minimum Gasteiger partial charge on any atom is -0.266 e.